The molecule has 3 aromatic rings. The molecular formula is C25H28N6O6S. The summed E-state index contributed by atoms with van der Waals surface area (Å²) in [6, 6.07) is 16.0. The van der Waals surface area contributed by atoms with Crippen LogP contribution in [0.2, 0.25) is 0 Å². The number of nitrogens with zero attached hydrogens (tertiary/aromatic N) is 3. The lowest BCUT2D eigenvalue weighted by Gasteiger charge is -2.26. The molecule has 0 bridgehead atoms. The Morgan fingerprint density at radius 3 is 2.58 bits per heavy atom. The van der Waals surface area contributed by atoms with Crippen molar-refractivity contribution in [2.24, 2.45) is 5.92 Å². The standard InChI is InChI=1S/C25H28N6O6S/c32-22(37-30-38(35,36)21-8-2-1-3-9-21)10-14-26-23(33)18-6-4-7-20(16-18)31-15-11-19(24(31)34)17-29-25-27-12-5-13-28-25/h1-9,12-13,16,19,24,30,34H,10-11,14-15,17H2,(H,26,33)(H,27,28,29)/t19-,24-/m0/s1. The summed E-state index contributed by atoms with van der Waals surface area (Å²) in [6.07, 6.45) is 3.03. The fraction of sp³-hybridized carbons (Fsp3) is 0.280. The zero-order valence-electron chi connectivity index (χ0n) is 20.4. The van der Waals surface area contributed by atoms with Crippen LogP contribution in [0, 0.1) is 5.92 Å². The summed E-state index contributed by atoms with van der Waals surface area (Å²) in [5, 5.41) is 16.6. The van der Waals surface area contributed by atoms with Crippen molar-refractivity contribution in [2.75, 3.05) is 29.9 Å². The van der Waals surface area contributed by atoms with Gasteiger partial charge < -0.3 is 25.5 Å². The third kappa shape index (κ3) is 7.03. The van der Waals surface area contributed by atoms with Crippen molar-refractivity contribution in [2.45, 2.75) is 24.0 Å². The van der Waals surface area contributed by atoms with Gasteiger partial charge in [0.25, 0.3) is 15.9 Å². The molecule has 0 unspecified atom stereocenters. The van der Waals surface area contributed by atoms with Crippen LogP contribution in [0.3, 0.4) is 0 Å². The van der Waals surface area contributed by atoms with E-state index in [1.54, 1.807) is 59.7 Å². The minimum absolute atomic E-state index is 0.0445. The van der Waals surface area contributed by atoms with Gasteiger partial charge in [0.2, 0.25) is 5.95 Å². The molecule has 38 heavy (non-hydrogen) atoms. The van der Waals surface area contributed by atoms with E-state index in [9.17, 15) is 23.1 Å². The molecule has 1 aliphatic heterocycles. The number of amides is 1. The topological polar surface area (TPSA) is 163 Å². The molecule has 200 valence electrons. The van der Waals surface area contributed by atoms with Gasteiger partial charge in [-0.25, -0.2) is 18.4 Å². The zero-order chi connectivity index (χ0) is 27.0. The predicted molar refractivity (Wildman–Crippen MR) is 138 cm³/mol. The second kappa shape index (κ2) is 12.4. The predicted octanol–water partition coefficient (Wildman–Crippen LogP) is 1.29. The van der Waals surface area contributed by atoms with Crippen molar-refractivity contribution in [1.82, 2.24) is 20.2 Å². The molecule has 2 atom stereocenters. The number of nitrogens with one attached hydrogen (secondary N) is 3. The van der Waals surface area contributed by atoms with E-state index in [-0.39, 0.29) is 23.8 Å². The van der Waals surface area contributed by atoms with Crippen LogP contribution in [0.25, 0.3) is 0 Å². The zero-order valence-corrected chi connectivity index (χ0v) is 21.2. The van der Waals surface area contributed by atoms with Crippen molar-refractivity contribution in [1.29, 1.82) is 0 Å². The molecule has 0 radical (unpaired) electrons. The van der Waals surface area contributed by atoms with Gasteiger partial charge in [-0.15, -0.1) is 0 Å². The van der Waals surface area contributed by atoms with E-state index < -0.39 is 28.1 Å². The Balaban J connectivity index is 1.24. The quantitative estimate of drug-likeness (QED) is 0.261. The van der Waals surface area contributed by atoms with Crippen molar-refractivity contribution in [3.63, 3.8) is 0 Å². The normalized spacial score (nSPS) is 17.1. The number of carbonyl (C=O) groups excluding carboxylic acids is 2. The number of rotatable bonds is 11. The fourth-order valence-corrected chi connectivity index (χ4v) is 4.76. The SMILES string of the molecule is O=C(CCNC(=O)c1cccc(N2CC[C@@H](CNc3ncccn3)[C@@H]2O)c1)ONS(=O)(=O)c1ccccc1. The van der Waals surface area contributed by atoms with Crippen LogP contribution >= 0.6 is 0 Å². The van der Waals surface area contributed by atoms with Crippen LogP contribution in [0.4, 0.5) is 11.6 Å². The Bertz CT molecular complexity index is 1340. The molecule has 0 spiro atoms. The van der Waals surface area contributed by atoms with E-state index in [1.165, 1.54) is 12.1 Å². The second-order valence-corrected chi connectivity index (χ2v) is 10.2. The number of aromatic nitrogens is 2. The molecule has 12 nitrogen and oxygen atoms in total. The lowest BCUT2D eigenvalue weighted by molar-refractivity contribution is -0.146. The number of sulfonamides is 1. The van der Waals surface area contributed by atoms with Crippen LogP contribution in [-0.2, 0) is 19.7 Å². The summed E-state index contributed by atoms with van der Waals surface area (Å²) >= 11 is 0. The number of hydrogen-bond acceptors (Lipinski definition) is 10. The van der Waals surface area contributed by atoms with Gasteiger partial charge in [-0.05, 0) is 47.7 Å². The molecule has 4 rings (SSSR count). The van der Waals surface area contributed by atoms with E-state index in [2.05, 4.69) is 25.4 Å². The van der Waals surface area contributed by atoms with Crippen LogP contribution in [0.5, 0.6) is 0 Å². The fourth-order valence-electron chi connectivity index (χ4n) is 3.95. The smallest absolute Gasteiger partial charge is 0.327 e. The molecule has 2 aromatic carbocycles. The van der Waals surface area contributed by atoms with Crippen LogP contribution in [-0.4, -0.2) is 61.2 Å². The first-order valence-corrected chi connectivity index (χ1v) is 13.4. The Morgan fingerprint density at radius 2 is 1.82 bits per heavy atom. The molecule has 2 heterocycles. The van der Waals surface area contributed by atoms with E-state index in [0.29, 0.717) is 30.3 Å². The maximum absolute atomic E-state index is 12.6. The molecular weight excluding hydrogens is 512 g/mol. The average molecular weight is 541 g/mol. The molecule has 0 aliphatic carbocycles. The first-order chi connectivity index (χ1) is 18.3. The maximum Gasteiger partial charge on any atom is 0.327 e. The van der Waals surface area contributed by atoms with Gasteiger partial charge in [-0.2, -0.15) is 0 Å². The van der Waals surface area contributed by atoms with E-state index in [0.717, 1.165) is 6.42 Å². The van der Waals surface area contributed by atoms with E-state index in [1.807, 2.05) is 11.0 Å². The Morgan fingerprint density at radius 1 is 1.05 bits per heavy atom. The monoisotopic (exact) mass is 540 g/mol. The highest BCUT2D eigenvalue weighted by Crippen LogP contribution is 2.29. The summed E-state index contributed by atoms with van der Waals surface area (Å²) in [5.74, 6) is -0.826. The number of aliphatic hydroxyl groups is 1. The van der Waals surface area contributed by atoms with Crippen LogP contribution in [0.1, 0.15) is 23.2 Å². The van der Waals surface area contributed by atoms with Crippen LogP contribution in [0.15, 0.2) is 78.0 Å². The first-order valence-electron chi connectivity index (χ1n) is 11.9. The first kappa shape index (κ1) is 27.0. The second-order valence-electron chi connectivity index (χ2n) is 8.54. The Hall–Kier alpha value is -4.07. The molecule has 0 saturated carbocycles. The summed E-state index contributed by atoms with van der Waals surface area (Å²) in [5.41, 5.74) is 1.05. The van der Waals surface area contributed by atoms with Crippen molar-refractivity contribution in [3.8, 4) is 0 Å². The van der Waals surface area contributed by atoms with Gasteiger partial charge in [-0.1, -0.05) is 24.3 Å². The molecule has 13 heteroatoms. The minimum atomic E-state index is -3.99. The van der Waals surface area contributed by atoms with Gasteiger partial charge in [0, 0.05) is 49.2 Å². The largest absolute Gasteiger partial charge is 0.373 e. The summed E-state index contributed by atoms with van der Waals surface area (Å²) < 4.78 is 24.2. The van der Waals surface area contributed by atoms with Gasteiger partial charge in [0.1, 0.15) is 6.23 Å². The highest BCUT2D eigenvalue weighted by molar-refractivity contribution is 7.89. The number of anilines is 2. The molecule has 1 aliphatic rings. The van der Waals surface area contributed by atoms with E-state index >= 15 is 0 Å². The van der Waals surface area contributed by atoms with Crippen molar-refractivity contribution < 1.29 is 28.0 Å². The van der Waals surface area contributed by atoms with Crippen LogP contribution < -0.4 is 20.4 Å². The molecule has 1 amide bonds. The highest BCUT2D eigenvalue weighted by Gasteiger charge is 2.33. The summed E-state index contributed by atoms with van der Waals surface area (Å²) in [7, 11) is -3.99. The lowest BCUT2D eigenvalue weighted by Crippen LogP contribution is -2.35. The van der Waals surface area contributed by atoms with Gasteiger partial charge in [0.15, 0.2) is 0 Å². The third-order valence-corrected chi connectivity index (χ3v) is 7.14. The Labute approximate surface area is 220 Å². The number of carbonyl (C=O) groups is 2. The number of aliphatic hydroxyl groups excluding tert-OH is 1. The summed E-state index contributed by atoms with van der Waals surface area (Å²) in [4.78, 5) is 41.0. The number of benzene rings is 2. The Kier molecular flexibility index (Phi) is 8.84. The van der Waals surface area contributed by atoms with Gasteiger partial charge in [-0.3, -0.25) is 9.59 Å². The van der Waals surface area contributed by atoms with Gasteiger partial charge in [0.05, 0.1) is 11.3 Å². The van der Waals surface area contributed by atoms with E-state index in [4.69, 9.17) is 0 Å². The third-order valence-electron chi connectivity index (χ3n) is 5.94. The maximum atomic E-state index is 12.6. The molecule has 1 fully saturated rings. The molecule has 1 saturated heterocycles. The molecule has 4 N–H and O–H groups in total. The van der Waals surface area contributed by atoms with Crippen molar-refractivity contribution in [3.05, 3.63) is 78.6 Å². The highest BCUT2D eigenvalue weighted by atomic mass is 32.2. The van der Waals surface area contributed by atoms with Gasteiger partial charge >= 0.3 is 5.97 Å². The average Bonchev–Trinajstić information content (AvgIpc) is 3.32. The minimum Gasteiger partial charge on any atom is -0.373 e. The lowest BCUT2D eigenvalue weighted by atomic mass is 10.1. The summed E-state index contributed by atoms with van der Waals surface area (Å²) in [6.45, 7) is 1.05. The van der Waals surface area contributed by atoms with Crippen molar-refractivity contribution >= 4 is 33.5 Å². The molecule has 1 aromatic heterocycles. The number of hydrogen-bond donors (Lipinski definition) is 4.